The quantitative estimate of drug-likeness (QED) is 0.371. The molecule has 8 heteroatoms. The zero-order valence-electron chi connectivity index (χ0n) is 18.8. The summed E-state index contributed by atoms with van der Waals surface area (Å²) in [4.78, 5) is 33.0. The lowest BCUT2D eigenvalue weighted by Crippen LogP contribution is -2.14. The highest BCUT2D eigenvalue weighted by molar-refractivity contribution is 7.21. The average Bonchev–Trinajstić information content (AvgIpc) is 3.34. The lowest BCUT2D eigenvalue weighted by atomic mass is 9.88. The Hall–Kier alpha value is -3.23. The zero-order valence-corrected chi connectivity index (χ0v) is 20.4. The van der Waals surface area contributed by atoms with Gasteiger partial charge in [0.05, 0.1) is 12.8 Å². The molecule has 0 bridgehead atoms. The van der Waals surface area contributed by atoms with Gasteiger partial charge >= 0.3 is 5.97 Å². The van der Waals surface area contributed by atoms with E-state index in [4.69, 9.17) is 10.5 Å². The largest absolute Gasteiger partial charge is 0.465 e. The van der Waals surface area contributed by atoms with Crippen molar-refractivity contribution in [2.45, 2.75) is 33.6 Å². The third-order valence-electron chi connectivity index (χ3n) is 6.39. The van der Waals surface area contributed by atoms with E-state index in [9.17, 15) is 9.59 Å². The van der Waals surface area contributed by atoms with Crippen LogP contribution in [0.15, 0.2) is 24.3 Å². The van der Waals surface area contributed by atoms with E-state index in [1.165, 1.54) is 35.3 Å². The summed E-state index contributed by atoms with van der Waals surface area (Å²) in [5.41, 5.74) is 13.3. The number of benzene rings is 1. The Kier molecular flexibility index (Phi) is 5.22. The highest BCUT2D eigenvalue weighted by atomic mass is 32.1. The maximum atomic E-state index is 13.4. The standard InChI is InChI=1S/C25H23N3O3S2/c1-11-12(2)17-20(26)21(33-23(17)27-13(11)3)22(29)28-24-19(25(30)31-4)18-15-8-6-5-7-14(15)9-10-16(18)32-24/h5-8H,9-10,26H2,1-4H3,(H,28,29). The molecule has 6 nitrogen and oxygen atoms in total. The van der Waals surface area contributed by atoms with E-state index in [-0.39, 0.29) is 5.91 Å². The molecule has 33 heavy (non-hydrogen) atoms. The van der Waals surface area contributed by atoms with Gasteiger partial charge in [-0.25, -0.2) is 9.78 Å². The number of aromatic nitrogens is 1. The van der Waals surface area contributed by atoms with Gasteiger partial charge in [-0.15, -0.1) is 22.7 Å². The van der Waals surface area contributed by atoms with Gasteiger partial charge in [0.1, 0.15) is 20.3 Å². The number of nitrogen functional groups attached to an aromatic ring is 1. The summed E-state index contributed by atoms with van der Waals surface area (Å²) in [5, 5.41) is 4.27. The number of fused-ring (bicyclic) bond motifs is 4. The number of amides is 1. The molecule has 0 spiro atoms. The first-order valence-electron chi connectivity index (χ1n) is 10.6. The number of hydrogen-bond acceptors (Lipinski definition) is 7. The van der Waals surface area contributed by atoms with Gasteiger partial charge in [-0.3, -0.25) is 4.79 Å². The van der Waals surface area contributed by atoms with Crippen molar-refractivity contribution >= 4 is 55.5 Å². The third kappa shape index (κ3) is 3.32. The van der Waals surface area contributed by atoms with Crippen LogP contribution in [0, 0.1) is 20.8 Å². The molecule has 1 amide bonds. The molecule has 3 aromatic heterocycles. The van der Waals surface area contributed by atoms with E-state index in [2.05, 4.69) is 16.4 Å². The molecule has 168 valence electrons. The summed E-state index contributed by atoms with van der Waals surface area (Å²) in [5.74, 6) is -0.810. The van der Waals surface area contributed by atoms with E-state index in [0.717, 1.165) is 55.9 Å². The number of pyridine rings is 1. The number of aryl methyl sites for hydroxylation is 4. The van der Waals surface area contributed by atoms with Crippen molar-refractivity contribution in [2.24, 2.45) is 0 Å². The predicted octanol–water partition coefficient (Wildman–Crippen LogP) is 5.67. The number of ether oxygens (including phenoxy) is 1. The monoisotopic (exact) mass is 477 g/mol. The lowest BCUT2D eigenvalue weighted by molar-refractivity contribution is 0.0603. The molecular weight excluding hydrogens is 454 g/mol. The summed E-state index contributed by atoms with van der Waals surface area (Å²) >= 11 is 2.70. The molecule has 3 N–H and O–H groups in total. The SMILES string of the molecule is COC(=O)c1c(NC(=O)c2sc3nc(C)c(C)c(C)c3c2N)sc2c1-c1ccccc1CC2. The first-order valence-corrected chi connectivity index (χ1v) is 12.2. The van der Waals surface area contributed by atoms with Crippen LogP contribution in [-0.4, -0.2) is 24.0 Å². The average molecular weight is 478 g/mol. The van der Waals surface area contributed by atoms with Crippen LogP contribution in [0.3, 0.4) is 0 Å². The van der Waals surface area contributed by atoms with Gasteiger partial charge < -0.3 is 15.8 Å². The topological polar surface area (TPSA) is 94.3 Å². The first-order chi connectivity index (χ1) is 15.8. The van der Waals surface area contributed by atoms with Gasteiger partial charge in [0, 0.05) is 21.5 Å². The van der Waals surface area contributed by atoms with Gasteiger partial charge in [0.15, 0.2) is 0 Å². The van der Waals surface area contributed by atoms with Crippen LogP contribution >= 0.6 is 22.7 Å². The molecule has 0 unspecified atom stereocenters. The van der Waals surface area contributed by atoms with Gasteiger partial charge in [0.2, 0.25) is 0 Å². The molecule has 0 radical (unpaired) electrons. The number of nitrogens with zero attached hydrogens (tertiary/aromatic N) is 1. The Morgan fingerprint density at radius 3 is 2.61 bits per heavy atom. The Morgan fingerprint density at radius 1 is 1.09 bits per heavy atom. The Balaban J connectivity index is 1.61. The van der Waals surface area contributed by atoms with Gasteiger partial charge in [-0.05, 0) is 55.9 Å². The summed E-state index contributed by atoms with van der Waals surface area (Å²) < 4.78 is 5.10. The molecule has 4 aromatic rings. The highest BCUT2D eigenvalue weighted by Gasteiger charge is 2.31. The second-order valence-corrected chi connectivity index (χ2v) is 10.3. The van der Waals surface area contributed by atoms with Gasteiger partial charge in [-0.2, -0.15) is 0 Å². The van der Waals surface area contributed by atoms with Gasteiger partial charge in [-0.1, -0.05) is 24.3 Å². The normalized spacial score (nSPS) is 12.4. The van der Waals surface area contributed by atoms with Crippen molar-refractivity contribution in [3.05, 3.63) is 62.0 Å². The summed E-state index contributed by atoms with van der Waals surface area (Å²) in [6.07, 6.45) is 1.70. The summed E-state index contributed by atoms with van der Waals surface area (Å²) in [7, 11) is 1.36. The maximum absolute atomic E-state index is 13.4. The number of rotatable bonds is 3. The van der Waals surface area contributed by atoms with Crippen molar-refractivity contribution in [1.82, 2.24) is 4.98 Å². The number of nitrogens with one attached hydrogen (secondary N) is 1. The van der Waals surface area contributed by atoms with Crippen LogP contribution in [0.25, 0.3) is 21.3 Å². The van der Waals surface area contributed by atoms with E-state index < -0.39 is 5.97 Å². The predicted molar refractivity (Wildman–Crippen MR) is 135 cm³/mol. The highest BCUT2D eigenvalue weighted by Crippen LogP contribution is 2.46. The molecule has 0 saturated carbocycles. The maximum Gasteiger partial charge on any atom is 0.341 e. The van der Waals surface area contributed by atoms with Crippen LogP contribution in [0.1, 0.15) is 47.3 Å². The number of nitrogens with two attached hydrogens (primary N) is 1. The van der Waals surface area contributed by atoms with E-state index in [1.54, 1.807) is 0 Å². The fourth-order valence-electron chi connectivity index (χ4n) is 4.45. The smallest absolute Gasteiger partial charge is 0.341 e. The number of esters is 1. The Bertz CT molecular complexity index is 1470. The molecule has 1 aromatic carbocycles. The fourth-order valence-corrected chi connectivity index (χ4v) is 6.74. The van der Waals surface area contributed by atoms with E-state index in [0.29, 0.717) is 21.1 Å². The number of thiophene rings is 2. The third-order valence-corrected chi connectivity index (χ3v) is 8.65. The molecule has 5 rings (SSSR count). The van der Waals surface area contributed by atoms with E-state index >= 15 is 0 Å². The molecule has 1 aliphatic carbocycles. The number of methoxy groups -OCH3 is 1. The minimum Gasteiger partial charge on any atom is -0.465 e. The Labute approximate surface area is 199 Å². The number of carbonyl (C=O) groups is 2. The minimum atomic E-state index is -0.465. The second-order valence-electron chi connectivity index (χ2n) is 8.18. The molecule has 1 aliphatic rings. The van der Waals surface area contributed by atoms with Crippen molar-refractivity contribution in [3.8, 4) is 11.1 Å². The Morgan fingerprint density at radius 2 is 1.85 bits per heavy atom. The molecule has 0 saturated heterocycles. The lowest BCUT2D eigenvalue weighted by Gasteiger charge is -2.17. The number of hydrogen-bond donors (Lipinski definition) is 2. The summed E-state index contributed by atoms with van der Waals surface area (Å²) in [6, 6.07) is 8.05. The van der Waals surface area contributed by atoms with E-state index in [1.807, 2.05) is 39.0 Å². The van der Waals surface area contributed by atoms with Crippen LogP contribution in [0.5, 0.6) is 0 Å². The zero-order chi connectivity index (χ0) is 23.4. The minimum absolute atomic E-state index is 0.345. The molecule has 0 aliphatic heterocycles. The van der Waals surface area contributed by atoms with Crippen molar-refractivity contribution in [2.75, 3.05) is 18.2 Å². The summed E-state index contributed by atoms with van der Waals surface area (Å²) in [6.45, 7) is 5.95. The second kappa shape index (κ2) is 7.97. The fraction of sp³-hybridized carbons (Fsp3) is 0.240. The first kappa shape index (κ1) is 21.6. The van der Waals surface area contributed by atoms with Crippen LogP contribution in [0.4, 0.5) is 10.7 Å². The van der Waals surface area contributed by atoms with Gasteiger partial charge in [0.25, 0.3) is 5.91 Å². The molecular formula is C25H23N3O3S2. The van der Waals surface area contributed by atoms with Crippen molar-refractivity contribution < 1.29 is 14.3 Å². The van der Waals surface area contributed by atoms with Crippen LogP contribution in [0.2, 0.25) is 0 Å². The number of carbonyl (C=O) groups excluding carboxylic acids is 2. The number of anilines is 2. The van der Waals surface area contributed by atoms with Crippen LogP contribution < -0.4 is 11.1 Å². The van der Waals surface area contributed by atoms with Crippen LogP contribution in [-0.2, 0) is 17.6 Å². The molecule has 0 fully saturated rings. The molecule has 0 atom stereocenters. The van der Waals surface area contributed by atoms with Crippen molar-refractivity contribution in [3.63, 3.8) is 0 Å². The van der Waals surface area contributed by atoms with Crippen molar-refractivity contribution in [1.29, 1.82) is 0 Å². The molecule has 3 heterocycles.